The second-order valence-electron chi connectivity index (χ2n) is 10.3. The molecule has 0 saturated carbocycles. The molecule has 2 heterocycles. The molecule has 37 heavy (non-hydrogen) atoms. The van der Waals surface area contributed by atoms with E-state index < -0.39 is 17.0 Å². The van der Waals surface area contributed by atoms with Gasteiger partial charge in [-0.25, -0.2) is 8.78 Å². The minimum Gasteiger partial charge on any atom is -0.455 e. The van der Waals surface area contributed by atoms with Crippen LogP contribution in [0.2, 0.25) is 0 Å². The molecule has 0 fully saturated rings. The zero-order valence-electron chi connectivity index (χ0n) is 20.7. The van der Waals surface area contributed by atoms with Gasteiger partial charge in [0.1, 0.15) is 38.5 Å². The predicted octanol–water partition coefficient (Wildman–Crippen LogP) is 6.63. The molecular formula is C31H21B2F2NO. The maximum Gasteiger partial charge on any atom is 0.146 e. The normalized spacial score (nSPS) is 12.1. The summed E-state index contributed by atoms with van der Waals surface area (Å²) in [6.45, 7) is 5.56. The highest BCUT2D eigenvalue weighted by atomic mass is 19.1. The molecule has 0 amide bonds. The predicted molar refractivity (Wildman–Crippen MR) is 149 cm³/mol. The summed E-state index contributed by atoms with van der Waals surface area (Å²) in [6.07, 6.45) is 0. The van der Waals surface area contributed by atoms with Crippen LogP contribution in [0.4, 0.5) is 8.78 Å². The summed E-state index contributed by atoms with van der Waals surface area (Å²) in [6, 6.07) is 22.3. The Hall–Kier alpha value is -3.92. The van der Waals surface area contributed by atoms with E-state index >= 15 is 8.78 Å². The smallest absolute Gasteiger partial charge is 0.146 e. The van der Waals surface area contributed by atoms with Crippen molar-refractivity contribution in [3.8, 4) is 22.4 Å². The number of rotatable bonds is 2. The summed E-state index contributed by atoms with van der Waals surface area (Å²) in [5.41, 5.74) is 2.24. The first-order chi connectivity index (χ1) is 17.6. The van der Waals surface area contributed by atoms with Crippen molar-refractivity contribution in [1.82, 2.24) is 4.98 Å². The van der Waals surface area contributed by atoms with Crippen LogP contribution >= 0.6 is 0 Å². The van der Waals surface area contributed by atoms with Gasteiger partial charge in [0.25, 0.3) is 0 Å². The van der Waals surface area contributed by atoms with Crippen LogP contribution in [-0.2, 0) is 5.41 Å². The van der Waals surface area contributed by atoms with E-state index in [1.54, 1.807) is 12.1 Å². The molecule has 176 valence electrons. The summed E-state index contributed by atoms with van der Waals surface area (Å²) >= 11 is 0. The number of para-hydroxylation sites is 1. The number of aromatic nitrogens is 1. The molecule has 0 unspecified atom stereocenters. The molecule has 0 spiro atoms. The van der Waals surface area contributed by atoms with Crippen LogP contribution in [0.3, 0.4) is 0 Å². The van der Waals surface area contributed by atoms with Crippen molar-refractivity contribution in [2.75, 3.05) is 0 Å². The van der Waals surface area contributed by atoms with E-state index in [-0.39, 0.29) is 22.3 Å². The topological polar surface area (TPSA) is 26.0 Å². The minimum absolute atomic E-state index is 0.0743. The van der Waals surface area contributed by atoms with Gasteiger partial charge in [0.15, 0.2) is 0 Å². The maximum absolute atomic E-state index is 15.5. The highest BCUT2D eigenvalue weighted by Gasteiger charge is 2.26. The molecule has 4 aromatic carbocycles. The third-order valence-electron chi connectivity index (χ3n) is 6.86. The molecule has 2 aromatic heterocycles. The van der Waals surface area contributed by atoms with Gasteiger partial charge in [-0.3, -0.25) is 4.98 Å². The number of fused-ring (bicyclic) bond motifs is 4. The quantitative estimate of drug-likeness (QED) is 0.259. The molecule has 0 saturated heterocycles. The molecule has 0 aliphatic rings. The third kappa shape index (κ3) is 3.66. The van der Waals surface area contributed by atoms with Gasteiger partial charge < -0.3 is 4.42 Å². The second-order valence-corrected chi connectivity index (χ2v) is 10.3. The van der Waals surface area contributed by atoms with Crippen molar-refractivity contribution in [2.45, 2.75) is 26.2 Å². The fraction of sp³-hybridized carbons (Fsp3) is 0.129. The Bertz CT molecular complexity index is 1870. The number of hydrogen-bond donors (Lipinski definition) is 0. The summed E-state index contributed by atoms with van der Waals surface area (Å²) in [4.78, 5) is 4.50. The van der Waals surface area contributed by atoms with Crippen molar-refractivity contribution < 1.29 is 13.2 Å². The van der Waals surface area contributed by atoms with E-state index in [4.69, 9.17) is 20.1 Å². The van der Waals surface area contributed by atoms with Crippen LogP contribution in [0.25, 0.3) is 55.1 Å². The molecule has 0 bridgehead atoms. The van der Waals surface area contributed by atoms with Crippen LogP contribution in [0.15, 0.2) is 77.2 Å². The average Bonchev–Trinajstić information content (AvgIpc) is 3.24. The van der Waals surface area contributed by atoms with Gasteiger partial charge in [0, 0.05) is 21.9 Å². The molecule has 6 aromatic rings. The van der Waals surface area contributed by atoms with Crippen molar-refractivity contribution in [1.29, 1.82) is 0 Å². The van der Waals surface area contributed by atoms with E-state index in [0.717, 1.165) is 21.5 Å². The fourth-order valence-corrected chi connectivity index (χ4v) is 5.14. The van der Waals surface area contributed by atoms with Crippen LogP contribution in [0.1, 0.15) is 26.3 Å². The number of furan rings is 1. The Balaban J connectivity index is 1.63. The first kappa shape index (κ1) is 23.5. The summed E-state index contributed by atoms with van der Waals surface area (Å²) in [7, 11) is 12.5. The molecular weight excluding hydrogens is 462 g/mol. The zero-order valence-corrected chi connectivity index (χ0v) is 20.7. The van der Waals surface area contributed by atoms with E-state index in [0.29, 0.717) is 27.9 Å². The van der Waals surface area contributed by atoms with Crippen LogP contribution in [0.5, 0.6) is 0 Å². The molecule has 4 radical (unpaired) electrons. The lowest BCUT2D eigenvalue weighted by Crippen LogP contribution is -2.34. The molecule has 0 atom stereocenters. The monoisotopic (exact) mass is 483 g/mol. The van der Waals surface area contributed by atoms with Gasteiger partial charge >= 0.3 is 0 Å². The van der Waals surface area contributed by atoms with E-state index in [1.807, 2.05) is 75.4 Å². The standard InChI is InChI=1S/C31H21B2F2NO/c1-31(2,3)24-26(35)25(32)27(36-30(24)33)21-10-6-9-19-20-13-14-22(34)23(29(20)37-28(19)21)18-12-11-16-7-4-5-8-17(16)15-18/h4-15H,1-3H3. The van der Waals surface area contributed by atoms with Gasteiger partial charge in [-0.1, -0.05) is 69.3 Å². The van der Waals surface area contributed by atoms with Crippen molar-refractivity contribution in [2.24, 2.45) is 0 Å². The molecule has 0 N–H and O–H groups in total. The lowest BCUT2D eigenvalue weighted by molar-refractivity contribution is 0.529. The zero-order chi connectivity index (χ0) is 26.1. The van der Waals surface area contributed by atoms with E-state index in [9.17, 15) is 0 Å². The Morgan fingerprint density at radius 3 is 2.27 bits per heavy atom. The molecule has 6 heteroatoms. The summed E-state index contributed by atoms with van der Waals surface area (Å²) < 4.78 is 37.1. The molecule has 0 aliphatic carbocycles. The summed E-state index contributed by atoms with van der Waals surface area (Å²) in [5.74, 6) is -0.989. The van der Waals surface area contributed by atoms with Gasteiger partial charge in [0.05, 0.1) is 11.3 Å². The first-order valence-corrected chi connectivity index (χ1v) is 12.0. The van der Waals surface area contributed by atoms with E-state index in [2.05, 4.69) is 4.98 Å². The lowest BCUT2D eigenvalue weighted by atomic mass is 9.76. The van der Waals surface area contributed by atoms with E-state index in [1.165, 1.54) is 6.07 Å². The van der Waals surface area contributed by atoms with Crippen LogP contribution in [0, 0.1) is 11.6 Å². The largest absolute Gasteiger partial charge is 0.455 e. The fourth-order valence-electron chi connectivity index (χ4n) is 5.14. The van der Waals surface area contributed by atoms with Crippen LogP contribution in [-0.4, -0.2) is 20.7 Å². The molecule has 0 aliphatic heterocycles. The Morgan fingerprint density at radius 1 is 0.784 bits per heavy atom. The van der Waals surface area contributed by atoms with Crippen molar-refractivity contribution in [3.63, 3.8) is 0 Å². The molecule has 2 nitrogen and oxygen atoms in total. The van der Waals surface area contributed by atoms with Crippen molar-refractivity contribution in [3.05, 3.63) is 90.0 Å². The third-order valence-corrected chi connectivity index (χ3v) is 6.86. The number of hydrogen-bond acceptors (Lipinski definition) is 2. The lowest BCUT2D eigenvalue weighted by Gasteiger charge is -2.24. The minimum atomic E-state index is -0.592. The van der Waals surface area contributed by atoms with Gasteiger partial charge in [-0.15, -0.1) is 0 Å². The average molecular weight is 483 g/mol. The second kappa shape index (κ2) is 8.31. The highest BCUT2D eigenvalue weighted by Crippen LogP contribution is 2.41. The van der Waals surface area contributed by atoms with Gasteiger partial charge in [0.2, 0.25) is 0 Å². The maximum atomic E-state index is 15.5. The first-order valence-electron chi connectivity index (χ1n) is 12.0. The highest BCUT2D eigenvalue weighted by molar-refractivity contribution is 6.38. The van der Waals surface area contributed by atoms with Gasteiger partial charge in [-0.05, 0) is 57.1 Å². The Morgan fingerprint density at radius 2 is 1.51 bits per heavy atom. The number of nitrogens with zero attached hydrogens (tertiary/aromatic N) is 1. The number of halogens is 2. The van der Waals surface area contributed by atoms with Gasteiger partial charge in [-0.2, -0.15) is 0 Å². The summed E-state index contributed by atoms with van der Waals surface area (Å²) in [5, 5.41) is 3.54. The van der Waals surface area contributed by atoms with Crippen LogP contribution < -0.4 is 11.1 Å². The van der Waals surface area contributed by atoms with Crippen molar-refractivity contribution >= 4 is 59.5 Å². The Labute approximate surface area is 216 Å². The number of benzene rings is 4. The number of pyridine rings is 1. The molecule has 6 rings (SSSR count). The Kier molecular flexibility index (Phi) is 5.27. The SMILES string of the molecule is [B]c1nc(-c2cccc3c2oc2c(-c4ccc5ccccc5c4)c(F)ccc23)c([B])c(F)c1C(C)(C)C.